The molecule has 1 aromatic rings. The highest BCUT2D eigenvalue weighted by atomic mass is 32.1. The highest BCUT2D eigenvalue weighted by Crippen LogP contribution is 2.34. The molecule has 1 N–H and O–H groups in total. The van der Waals surface area contributed by atoms with Gasteiger partial charge in [-0.3, -0.25) is 4.79 Å². The zero-order valence-corrected chi connectivity index (χ0v) is 13.9. The molecule has 0 aliphatic carbocycles. The highest BCUT2D eigenvalue weighted by Gasteiger charge is 2.43. The minimum absolute atomic E-state index is 0.0130. The van der Waals surface area contributed by atoms with Crippen LogP contribution in [0, 0.1) is 5.41 Å². The second-order valence-electron chi connectivity index (χ2n) is 6.09. The van der Waals surface area contributed by atoms with Crippen molar-refractivity contribution in [2.45, 2.75) is 18.9 Å². The number of carbonyl (C=O) groups excluding carboxylic acids is 1. The van der Waals surface area contributed by atoms with Crippen molar-refractivity contribution in [1.82, 2.24) is 10.2 Å². The molecule has 2 aliphatic heterocycles. The minimum atomic E-state index is -0.364. The molecule has 0 bridgehead atoms. The number of hydrogen-bond acceptors (Lipinski definition) is 5. The summed E-state index contributed by atoms with van der Waals surface area (Å²) in [5, 5.41) is 5.39. The highest BCUT2D eigenvalue weighted by molar-refractivity contribution is 7.10. The number of hydrogen-bond donors (Lipinski definition) is 1. The lowest BCUT2D eigenvalue weighted by Crippen LogP contribution is -2.54. The summed E-state index contributed by atoms with van der Waals surface area (Å²) in [7, 11) is 1.69. The van der Waals surface area contributed by atoms with Gasteiger partial charge in [0.25, 0.3) is 0 Å². The summed E-state index contributed by atoms with van der Waals surface area (Å²) in [6, 6.07) is 4.11. The smallest absolute Gasteiger partial charge is 0.231 e. The summed E-state index contributed by atoms with van der Waals surface area (Å²) in [5.74, 6) is 0.237. The zero-order valence-electron chi connectivity index (χ0n) is 13.0. The van der Waals surface area contributed by atoms with Gasteiger partial charge >= 0.3 is 0 Å². The maximum Gasteiger partial charge on any atom is 0.231 e. The summed E-state index contributed by atoms with van der Waals surface area (Å²) in [6.07, 6.45) is 1.71. The fourth-order valence-electron chi connectivity index (χ4n) is 3.42. The molecule has 6 heteroatoms. The Morgan fingerprint density at radius 1 is 1.55 bits per heavy atom. The lowest BCUT2D eigenvalue weighted by atomic mass is 9.78. The van der Waals surface area contributed by atoms with E-state index in [4.69, 9.17) is 9.47 Å². The Hall–Kier alpha value is -0.950. The topological polar surface area (TPSA) is 50.8 Å². The maximum absolute atomic E-state index is 13.1. The molecule has 1 atom stereocenters. The second-order valence-corrected chi connectivity index (χ2v) is 7.07. The van der Waals surface area contributed by atoms with Crippen LogP contribution < -0.4 is 5.32 Å². The van der Waals surface area contributed by atoms with E-state index in [9.17, 15) is 4.79 Å². The first-order valence-electron chi connectivity index (χ1n) is 7.89. The van der Waals surface area contributed by atoms with Gasteiger partial charge in [-0.1, -0.05) is 6.07 Å². The maximum atomic E-state index is 13.1. The van der Waals surface area contributed by atoms with E-state index in [2.05, 4.69) is 16.8 Å². The molecule has 1 aromatic heterocycles. The number of rotatable bonds is 4. The molecule has 0 aromatic carbocycles. The number of nitrogens with zero attached hydrogens (tertiary/aromatic N) is 1. The van der Waals surface area contributed by atoms with E-state index in [1.807, 2.05) is 11.0 Å². The standard InChI is InChI=1S/C16H24N2O3S/c1-20-12-16(4-6-17-7-5-16)15(19)18-8-9-21-13(11-18)14-3-2-10-22-14/h2-3,10,13,17H,4-9,11-12H2,1H3. The van der Waals surface area contributed by atoms with Gasteiger partial charge in [0.15, 0.2) is 0 Å². The van der Waals surface area contributed by atoms with Crippen molar-refractivity contribution < 1.29 is 14.3 Å². The van der Waals surface area contributed by atoms with Crippen LogP contribution in [0.3, 0.4) is 0 Å². The normalized spacial score (nSPS) is 25.1. The predicted octanol–water partition coefficient (Wildman–Crippen LogP) is 1.66. The van der Waals surface area contributed by atoms with Crippen LogP contribution in [0.4, 0.5) is 0 Å². The minimum Gasteiger partial charge on any atom is -0.384 e. The van der Waals surface area contributed by atoms with Crippen molar-refractivity contribution in [3.63, 3.8) is 0 Å². The van der Waals surface area contributed by atoms with Crippen molar-refractivity contribution in [1.29, 1.82) is 0 Å². The Kier molecular flexibility index (Phi) is 5.13. The fraction of sp³-hybridized carbons (Fsp3) is 0.688. The number of thiophene rings is 1. The molecule has 2 saturated heterocycles. The molecular formula is C16H24N2O3S. The summed E-state index contributed by atoms with van der Waals surface area (Å²) in [4.78, 5) is 16.3. The molecule has 0 saturated carbocycles. The third kappa shape index (κ3) is 3.20. The first-order chi connectivity index (χ1) is 10.7. The first-order valence-corrected chi connectivity index (χ1v) is 8.77. The Bertz CT molecular complexity index is 480. The van der Waals surface area contributed by atoms with E-state index in [0.717, 1.165) is 25.9 Å². The molecule has 5 nitrogen and oxygen atoms in total. The summed E-state index contributed by atoms with van der Waals surface area (Å²) >= 11 is 1.69. The molecule has 0 spiro atoms. The van der Waals surface area contributed by atoms with Gasteiger partial charge in [0.1, 0.15) is 6.10 Å². The van der Waals surface area contributed by atoms with Gasteiger partial charge in [0.05, 0.1) is 25.2 Å². The van der Waals surface area contributed by atoms with Crippen LogP contribution in [0.5, 0.6) is 0 Å². The monoisotopic (exact) mass is 324 g/mol. The molecule has 0 radical (unpaired) electrons. The van der Waals surface area contributed by atoms with Gasteiger partial charge in [-0.05, 0) is 37.4 Å². The van der Waals surface area contributed by atoms with Crippen LogP contribution >= 0.6 is 11.3 Å². The van der Waals surface area contributed by atoms with E-state index in [-0.39, 0.29) is 17.4 Å². The Morgan fingerprint density at radius 3 is 3.05 bits per heavy atom. The number of methoxy groups -OCH3 is 1. The van der Waals surface area contributed by atoms with Crippen molar-refractivity contribution in [3.8, 4) is 0 Å². The fourth-order valence-corrected chi connectivity index (χ4v) is 4.18. The van der Waals surface area contributed by atoms with Crippen LogP contribution in [0.2, 0.25) is 0 Å². The molecule has 3 rings (SSSR count). The van der Waals surface area contributed by atoms with Gasteiger partial charge < -0.3 is 19.7 Å². The SMILES string of the molecule is COCC1(C(=O)N2CCOC(c3cccs3)C2)CCNCC1. The van der Waals surface area contributed by atoms with Crippen LogP contribution in [-0.4, -0.2) is 57.3 Å². The molecule has 1 amide bonds. The predicted molar refractivity (Wildman–Crippen MR) is 86.0 cm³/mol. The number of carbonyl (C=O) groups is 1. The van der Waals surface area contributed by atoms with Crippen molar-refractivity contribution in [3.05, 3.63) is 22.4 Å². The van der Waals surface area contributed by atoms with Gasteiger partial charge in [-0.15, -0.1) is 11.3 Å². The largest absolute Gasteiger partial charge is 0.384 e. The number of ether oxygens (including phenoxy) is 2. The zero-order chi connectivity index (χ0) is 15.4. The molecule has 2 fully saturated rings. The van der Waals surface area contributed by atoms with E-state index >= 15 is 0 Å². The third-order valence-electron chi connectivity index (χ3n) is 4.65. The first kappa shape index (κ1) is 15.9. The molecule has 2 aliphatic rings. The average molecular weight is 324 g/mol. The van der Waals surface area contributed by atoms with Crippen molar-refractivity contribution in [2.24, 2.45) is 5.41 Å². The van der Waals surface area contributed by atoms with Crippen LogP contribution in [-0.2, 0) is 14.3 Å². The lowest BCUT2D eigenvalue weighted by molar-refractivity contribution is -0.155. The third-order valence-corrected chi connectivity index (χ3v) is 5.61. The number of piperidine rings is 1. The molecular weight excluding hydrogens is 300 g/mol. The van der Waals surface area contributed by atoms with E-state index in [1.165, 1.54) is 4.88 Å². The van der Waals surface area contributed by atoms with Crippen LogP contribution in [0.15, 0.2) is 17.5 Å². The molecule has 1 unspecified atom stereocenters. The number of amides is 1. The summed E-state index contributed by atoms with van der Waals surface area (Å²) in [6.45, 7) is 4.21. The number of morpholine rings is 1. The Morgan fingerprint density at radius 2 is 2.36 bits per heavy atom. The molecule has 22 heavy (non-hydrogen) atoms. The van der Waals surface area contributed by atoms with E-state index in [1.54, 1.807) is 18.4 Å². The Labute approximate surface area is 135 Å². The van der Waals surface area contributed by atoms with Crippen molar-refractivity contribution >= 4 is 17.2 Å². The summed E-state index contributed by atoms with van der Waals surface area (Å²) in [5.41, 5.74) is -0.364. The number of nitrogens with one attached hydrogen (secondary N) is 1. The molecule has 3 heterocycles. The van der Waals surface area contributed by atoms with Crippen LogP contribution in [0.25, 0.3) is 0 Å². The van der Waals surface area contributed by atoms with Gasteiger partial charge in [0.2, 0.25) is 5.91 Å². The van der Waals surface area contributed by atoms with E-state index < -0.39 is 0 Å². The Balaban J connectivity index is 1.72. The van der Waals surface area contributed by atoms with Crippen LogP contribution in [0.1, 0.15) is 23.8 Å². The summed E-state index contributed by atoms with van der Waals surface area (Å²) < 4.78 is 11.2. The van der Waals surface area contributed by atoms with Crippen molar-refractivity contribution in [2.75, 3.05) is 46.5 Å². The second kappa shape index (κ2) is 7.08. The lowest BCUT2D eigenvalue weighted by Gasteiger charge is -2.42. The van der Waals surface area contributed by atoms with Gasteiger partial charge in [-0.25, -0.2) is 0 Å². The van der Waals surface area contributed by atoms with Gasteiger partial charge in [0, 0.05) is 18.5 Å². The molecule has 122 valence electrons. The quantitative estimate of drug-likeness (QED) is 0.915. The van der Waals surface area contributed by atoms with E-state index in [0.29, 0.717) is 26.3 Å². The van der Waals surface area contributed by atoms with Gasteiger partial charge in [-0.2, -0.15) is 0 Å². The average Bonchev–Trinajstić information content (AvgIpc) is 3.10.